The molecule has 2 fully saturated rings. The minimum Gasteiger partial charge on any atom is -0.508 e. The van der Waals surface area contributed by atoms with Gasteiger partial charge in [0.1, 0.15) is 11.9 Å². The van der Waals surface area contributed by atoms with E-state index in [-0.39, 0.29) is 18.1 Å². The van der Waals surface area contributed by atoms with Crippen LogP contribution in [0.15, 0.2) is 18.2 Å². The topological polar surface area (TPSA) is 174 Å². The quantitative estimate of drug-likeness (QED) is 0.309. The average molecular weight is 517 g/mol. The Balaban J connectivity index is 1.37. The third-order valence-electron chi connectivity index (χ3n) is 8.32. The maximum atomic E-state index is 12.4. The van der Waals surface area contributed by atoms with Crippen molar-refractivity contribution < 1.29 is 43.3 Å². The predicted octanol–water partition coefficient (Wildman–Crippen LogP) is 3.41. The van der Waals surface area contributed by atoms with E-state index in [1.165, 1.54) is 11.1 Å². The number of fused-ring (bicyclic) bond motifs is 5. The molecule has 0 heterocycles. The lowest BCUT2D eigenvalue weighted by molar-refractivity contribution is -0.0314. The molecule has 5 atom stereocenters. The molecule has 0 saturated heterocycles. The third kappa shape index (κ3) is 4.95. The van der Waals surface area contributed by atoms with Crippen LogP contribution in [0.3, 0.4) is 0 Å². The van der Waals surface area contributed by atoms with Gasteiger partial charge in [-0.2, -0.15) is 0 Å². The second-order valence-electron chi connectivity index (χ2n) is 10.2. The van der Waals surface area contributed by atoms with Gasteiger partial charge in [-0.25, -0.2) is 4.79 Å². The Bertz CT molecular complexity index is 1020. The summed E-state index contributed by atoms with van der Waals surface area (Å²) < 4.78 is 28.5. The highest BCUT2D eigenvalue weighted by atomic mass is 31.2. The molecule has 0 radical (unpaired) electrons. The van der Waals surface area contributed by atoms with Crippen LogP contribution in [-0.2, 0) is 20.3 Å². The zero-order valence-corrected chi connectivity index (χ0v) is 20.8. The molecule has 190 valence electrons. The number of ether oxygens (including phenoxy) is 1. The van der Waals surface area contributed by atoms with Crippen LogP contribution in [0.25, 0.3) is 0 Å². The van der Waals surface area contributed by atoms with Crippen LogP contribution in [0, 0.1) is 17.3 Å². The summed E-state index contributed by atoms with van der Waals surface area (Å²) in [7, 11) is -10.1. The molecule has 0 bridgehead atoms. The van der Waals surface area contributed by atoms with Crippen molar-refractivity contribution in [2.45, 2.75) is 69.3 Å². The number of phenols is 1. The van der Waals surface area contributed by atoms with Crippen molar-refractivity contribution in [3.8, 4) is 5.75 Å². The summed E-state index contributed by atoms with van der Waals surface area (Å²) in [6.45, 7) is 1.85. The zero-order chi connectivity index (χ0) is 24.9. The van der Waals surface area contributed by atoms with E-state index >= 15 is 0 Å². The van der Waals surface area contributed by atoms with Crippen molar-refractivity contribution in [3.63, 3.8) is 0 Å². The Morgan fingerprint density at radius 2 is 1.85 bits per heavy atom. The maximum Gasteiger partial charge on any atom is 0.407 e. The summed E-state index contributed by atoms with van der Waals surface area (Å²) in [4.78, 5) is 49.2. The van der Waals surface area contributed by atoms with Crippen LogP contribution in [0.1, 0.15) is 62.5 Å². The van der Waals surface area contributed by atoms with Gasteiger partial charge in [0.25, 0.3) is 0 Å². The molecule has 2 saturated carbocycles. The van der Waals surface area contributed by atoms with Gasteiger partial charge in [0.2, 0.25) is 0 Å². The monoisotopic (exact) mass is 517 g/mol. The summed E-state index contributed by atoms with van der Waals surface area (Å²) in [5.41, 5.74) is 2.37. The first-order valence-corrected chi connectivity index (χ1v) is 15.0. The number of rotatable bonds is 6. The lowest BCUT2D eigenvalue weighted by atomic mass is 9.55. The standard InChI is InChI=1S/C22H33NO9P2/c1-22-10-8-16-15-5-3-14(24)12-13(15)2-4-17(16)18(22)6-7-19(22)32-21(25)23-11-9-20(33(26,27)28)34(29,30)31/h3,5,12,16-20,24H,2,4,6-11H2,1H3,(H,23,25)(H2,26,27,28)(H2,29,30,31)/t16-,17-,18+,19+,22+/m1/s1. The molecule has 1 amide bonds. The summed E-state index contributed by atoms with van der Waals surface area (Å²) in [5, 5.41) is 10.1. The Hall–Kier alpha value is -1.41. The predicted molar refractivity (Wildman–Crippen MR) is 123 cm³/mol. The largest absolute Gasteiger partial charge is 0.508 e. The number of nitrogens with one attached hydrogen (secondary N) is 1. The summed E-state index contributed by atoms with van der Waals surface area (Å²) >= 11 is 0. The van der Waals surface area contributed by atoms with Crippen LogP contribution in [0.4, 0.5) is 4.79 Å². The minimum absolute atomic E-state index is 0.173. The molecule has 0 spiro atoms. The van der Waals surface area contributed by atoms with Crippen LogP contribution in [-0.4, -0.2) is 48.8 Å². The molecule has 10 nitrogen and oxygen atoms in total. The molecule has 1 aromatic rings. The van der Waals surface area contributed by atoms with Crippen LogP contribution >= 0.6 is 15.2 Å². The Morgan fingerprint density at radius 1 is 1.15 bits per heavy atom. The average Bonchev–Trinajstić information content (AvgIpc) is 3.05. The van der Waals surface area contributed by atoms with Crippen LogP contribution in [0.5, 0.6) is 5.75 Å². The normalized spacial score (nSPS) is 30.9. The Labute approximate surface area is 198 Å². The maximum absolute atomic E-state index is 12.4. The van der Waals surface area contributed by atoms with Gasteiger partial charge in [0, 0.05) is 12.0 Å². The molecule has 0 unspecified atom stereocenters. The van der Waals surface area contributed by atoms with E-state index in [2.05, 4.69) is 12.2 Å². The number of amides is 1. The Morgan fingerprint density at radius 3 is 2.53 bits per heavy atom. The molecular formula is C22H33NO9P2. The SMILES string of the molecule is C[C@]12CC[C@@H]3c4ccc(O)cc4CC[C@H]3[C@@H]1CC[C@@H]2OC(=O)NCCC(P(=O)(O)O)P(=O)(O)O. The summed E-state index contributed by atoms with van der Waals surface area (Å²) in [6, 6.07) is 5.67. The molecule has 0 aliphatic heterocycles. The highest BCUT2D eigenvalue weighted by Crippen LogP contribution is 2.62. The second-order valence-corrected chi connectivity index (χ2v) is 14.2. The molecule has 4 rings (SSSR count). The number of hydrogen-bond acceptors (Lipinski definition) is 5. The van der Waals surface area contributed by atoms with Gasteiger partial charge >= 0.3 is 21.3 Å². The lowest BCUT2D eigenvalue weighted by Crippen LogP contribution is -2.46. The third-order valence-corrected chi connectivity index (χ3v) is 12.2. The molecule has 34 heavy (non-hydrogen) atoms. The van der Waals surface area contributed by atoms with E-state index in [4.69, 9.17) is 4.74 Å². The number of carbonyl (C=O) groups is 1. The molecular weight excluding hydrogens is 484 g/mol. The van der Waals surface area contributed by atoms with Crippen molar-refractivity contribution in [1.82, 2.24) is 5.32 Å². The molecule has 3 aliphatic carbocycles. The minimum atomic E-state index is -5.03. The summed E-state index contributed by atoms with van der Waals surface area (Å²) in [6.07, 6.45) is 3.91. The van der Waals surface area contributed by atoms with Crippen LogP contribution in [0.2, 0.25) is 0 Å². The smallest absolute Gasteiger partial charge is 0.407 e. The zero-order valence-electron chi connectivity index (χ0n) is 19.0. The number of hydrogen-bond donors (Lipinski definition) is 6. The van der Waals surface area contributed by atoms with Gasteiger partial charge in [-0.1, -0.05) is 13.0 Å². The highest BCUT2D eigenvalue weighted by Gasteiger charge is 2.56. The number of phenolic OH excluding ortho intramolecular Hbond substituents is 1. The van der Waals surface area contributed by atoms with Crippen molar-refractivity contribution >= 4 is 21.3 Å². The van der Waals surface area contributed by atoms with Gasteiger partial charge in [-0.3, -0.25) is 9.13 Å². The highest BCUT2D eigenvalue weighted by molar-refractivity contribution is 7.70. The number of alkyl carbamates (subject to hydrolysis) is 1. The molecule has 3 aliphatic rings. The second kappa shape index (κ2) is 9.23. The lowest BCUT2D eigenvalue weighted by Gasteiger charge is -2.50. The van der Waals surface area contributed by atoms with E-state index in [9.17, 15) is 38.6 Å². The number of aryl methyl sites for hydroxylation is 1. The fraction of sp³-hybridized carbons (Fsp3) is 0.682. The fourth-order valence-corrected chi connectivity index (χ4v) is 9.22. The van der Waals surface area contributed by atoms with E-state index in [1.54, 1.807) is 6.07 Å². The van der Waals surface area contributed by atoms with Gasteiger partial charge in [0.15, 0.2) is 5.40 Å². The summed E-state index contributed by atoms with van der Waals surface area (Å²) in [5.74, 6) is 1.62. The van der Waals surface area contributed by atoms with E-state index < -0.39 is 33.1 Å². The first-order chi connectivity index (χ1) is 15.8. The fourth-order valence-electron chi connectivity index (χ4n) is 6.72. The Kier molecular flexibility index (Phi) is 6.97. The van der Waals surface area contributed by atoms with E-state index in [1.807, 2.05) is 12.1 Å². The van der Waals surface area contributed by atoms with Gasteiger partial charge < -0.3 is 34.7 Å². The molecule has 0 aromatic heterocycles. The van der Waals surface area contributed by atoms with Crippen molar-refractivity contribution in [2.75, 3.05) is 6.54 Å². The number of benzene rings is 1. The first kappa shape index (κ1) is 25.7. The van der Waals surface area contributed by atoms with Crippen molar-refractivity contribution in [1.29, 1.82) is 0 Å². The van der Waals surface area contributed by atoms with E-state index in [0.29, 0.717) is 23.5 Å². The molecule has 6 N–H and O–H groups in total. The van der Waals surface area contributed by atoms with E-state index in [0.717, 1.165) is 38.5 Å². The first-order valence-electron chi connectivity index (χ1n) is 11.7. The molecule has 12 heteroatoms. The van der Waals surface area contributed by atoms with Gasteiger partial charge in [-0.15, -0.1) is 0 Å². The number of carbonyl (C=O) groups excluding carboxylic acids is 1. The van der Waals surface area contributed by atoms with Crippen molar-refractivity contribution in [2.24, 2.45) is 17.3 Å². The van der Waals surface area contributed by atoms with Crippen molar-refractivity contribution in [3.05, 3.63) is 29.3 Å². The molecule has 1 aromatic carbocycles. The number of aromatic hydroxyl groups is 1. The van der Waals surface area contributed by atoms with Gasteiger partial charge in [0.05, 0.1) is 0 Å². The van der Waals surface area contributed by atoms with Crippen LogP contribution < -0.4 is 5.32 Å². The van der Waals surface area contributed by atoms with Gasteiger partial charge in [-0.05, 0) is 86.0 Å².